The smallest absolute Gasteiger partial charge is 0.138 e. The lowest BCUT2D eigenvalue weighted by Crippen LogP contribution is -2.02. The first kappa shape index (κ1) is 7.95. The zero-order valence-corrected chi connectivity index (χ0v) is 7.56. The van der Waals surface area contributed by atoms with Crippen molar-refractivity contribution in [3.05, 3.63) is 23.8 Å². The van der Waals surface area contributed by atoms with Crippen LogP contribution in [0.4, 0.5) is 0 Å². The predicted octanol–water partition coefficient (Wildman–Crippen LogP) is 1.63. The van der Waals surface area contributed by atoms with Crippen molar-refractivity contribution in [3.8, 4) is 5.75 Å². The second-order valence-corrected chi connectivity index (χ2v) is 3.69. The van der Waals surface area contributed by atoms with Crippen molar-refractivity contribution in [2.75, 3.05) is 12.5 Å². The van der Waals surface area contributed by atoms with Crippen LogP contribution >= 0.6 is 11.8 Å². The van der Waals surface area contributed by atoms with Crippen LogP contribution in [0.5, 0.6) is 5.75 Å². The molecule has 64 valence electrons. The van der Waals surface area contributed by atoms with Crippen molar-refractivity contribution in [2.45, 2.75) is 11.3 Å². The second-order valence-electron chi connectivity index (χ2n) is 2.73. The molecule has 12 heavy (non-hydrogen) atoms. The number of ether oxygens (including phenoxy) is 1. The molecule has 0 aliphatic carbocycles. The van der Waals surface area contributed by atoms with Gasteiger partial charge in [-0.25, -0.2) is 0 Å². The molecule has 1 aliphatic rings. The molecule has 0 saturated carbocycles. The predicted molar refractivity (Wildman–Crippen MR) is 50.6 cm³/mol. The van der Waals surface area contributed by atoms with E-state index in [-0.39, 0.29) is 0 Å². The molecular formula is C9H11NOS. The number of fused-ring (bicyclic) bond motifs is 1. The van der Waals surface area contributed by atoms with Gasteiger partial charge < -0.3 is 10.5 Å². The topological polar surface area (TPSA) is 35.2 Å². The average Bonchev–Trinajstić information content (AvgIpc) is 2.51. The SMILES string of the molecule is NCCc1ccc2c(c1)OCS2. The first-order valence-electron chi connectivity index (χ1n) is 3.99. The van der Waals surface area contributed by atoms with E-state index in [4.69, 9.17) is 10.5 Å². The van der Waals surface area contributed by atoms with Crippen LogP contribution in [0, 0.1) is 0 Å². The third-order valence-electron chi connectivity index (χ3n) is 1.87. The molecule has 2 N–H and O–H groups in total. The summed E-state index contributed by atoms with van der Waals surface area (Å²) in [5, 5.41) is 0. The molecule has 0 radical (unpaired) electrons. The van der Waals surface area contributed by atoms with Crippen molar-refractivity contribution in [1.82, 2.24) is 0 Å². The maximum Gasteiger partial charge on any atom is 0.138 e. The Bertz CT molecular complexity index is 288. The fraction of sp³-hybridized carbons (Fsp3) is 0.333. The first-order chi connectivity index (χ1) is 5.90. The molecule has 1 heterocycles. The number of rotatable bonds is 2. The lowest BCUT2D eigenvalue weighted by molar-refractivity contribution is 0.397. The summed E-state index contributed by atoms with van der Waals surface area (Å²) >= 11 is 1.74. The molecule has 0 bridgehead atoms. The van der Waals surface area contributed by atoms with Gasteiger partial charge in [0.15, 0.2) is 0 Å². The van der Waals surface area contributed by atoms with Gasteiger partial charge in [-0.3, -0.25) is 0 Å². The lowest BCUT2D eigenvalue weighted by Gasteiger charge is -2.01. The molecule has 2 rings (SSSR count). The Kier molecular flexibility index (Phi) is 2.23. The van der Waals surface area contributed by atoms with Gasteiger partial charge in [-0.1, -0.05) is 17.8 Å². The Labute approximate surface area is 76.1 Å². The van der Waals surface area contributed by atoms with Gasteiger partial charge in [0.25, 0.3) is 0 Å². The van der Waals surface area contributed by atoms with Gasteiger partial charge in [-0.15, -0.1) is 0 Å². The zero-order valence-electron chi connectivity index (χ0n) is 6.75. The molecule has 0 atom stereocenters. The third-order valence-corrected chi connectivity index (χ3v) is 2.75. The summed E-state index contributed by atoms with van der Waals surface area (Å²) in [5.41, 5.74) is 6.72. The van der Waals surface area contributed by atoms with E-state index in [0.29, 0.717) is 6.54 Å². The van der Waals surface area contributed by atoms with Gasteiger partial charge in [-0.05, 0) is 30.7 Å². The zero-order chi connectivity index (χ0) is 8.39. The van der Waals surface area contributed by atoms with Crippen LogP contribution in [-0.4, -0.2) is 12.5 Å². The highest BCUT2D eigenvalue weighted by Gasteiger charge is 2.11. The quantitative estimate of drug-likeness (QED) is 0.753. The van der Waals surface area contributed by atoms with Gasteiger partial charge in [0, 0.05) is 0 Å². The van der Waals surface area contributed by atoms with E-state index in [9.17, 15) is 0 Å². The van der Waals surface area contributed by atoms with Crippen molar-refractivity contribution in [3.63, 3.8) is 0 Å². The molecule has 1 aliphatic heterocycles. The molecule has 0 amide bonds. The Morgan fingerprint density at radius 3 is 3.25 bits per heavy atom. The van der Waals surface area contributed by atoms with Crippen molar-refractivity contribution >= 4 is 11.8 Å². The van der Waals surface area contributed by atoms with Gasteiger partial charge in [0.05, 0.1) is 4.90 Å². The van der Waals surface area contributed by atoms with E-state index < -0.39 is 0 Å². The minimum absolute atomic E-state index is 0.700. The van der Waals surface area contributed by atoms with E-state index >= 15 is 0 Å². The van der Waals surface area contributed by atoms with Crippen LogP contribution in [0.25, 0.3) is 0 Å². The molecule has 0 unspecified atom stereocenters. The lowest BCUT2D eigenvalue weighted by atomic mass is 10.1. The van der Waals surface area contributed by atoms with Gasteiger partial charge in [0.1, 0.15) is 11.7 Å². The van der Waals surface area contributed by atoms with Gasteiger partial charge in [0.2, 0.25) is 0 Å². The highest BCUT2D eigenvalue weighted by Crippen LogP contribution is 2.36. The van der Waals surface area contributed by atoms with Crippen LogP contribution in [-0.2, 0) is 6.42 Å². The van der Waals surface area contributed by atoms with Crippen molar-refractivity contribution < 1.29 is 4.74 Å². The summed E-state index contributed by atoms with van der Waals surface area (Å²) in [5.74, 6) is 1.77. The van der Waals surface area contributed by atoms with Crippen LogP contribution in [0.2, 0.25) is 0 Å². The number of benzene rings is 1. The van der Waals surface area contributed by atoms with E-state index in [1.165, 1.54) is 10.5 Å². The molecule has 3 heteroatoms. The maximum absolute atomic E-state index is 5.46. The molecule has 1 aromatic rings. The minimum atomic E-state index is 0.700. The molecule has 1 aromatic carbocycles. The summed E-state index contributed by atoms with van der Waals surface area (Å²) < 4.78 is 5.41. The van der Waals surface area contributed by atoms with Gasteiger partial charge in [-0.2, -0.15) is 0 Å². The minimum Gasteiger partial charge on any atom is -0.481 e. The number of hydrogen-bond donors (Lipinski definition) is 1. The summed E-state index contributed by atoms with van der Waals surface area (Å²) in [6.07, 6.45) is 0.932. The standard InChI is InChI=1S/C9H11NOS/c10-4-3-7-1-2-9-8(5-7)11-6-12-9/h1-2,5H,3-4,6,10H2. The fourth-order valence-electron chi connectivity index (χ4n) is 1.26. The Morgan fingerprint density at radius 2 is 2.42 bits per heavy atom. The maximum atomic E-state index is 5.46. The van der Waals surface area contributed by atoms with Crippen LogP contribution < -0.4 is 10.5 Å². The van der Waals surface area contributed by atoms with Crippen LogP contribution in [0.1, 0.15) is 5.56 Å². The normalized spacial score (nSPS) is 14.1. The molecule has 2 nitrogen and oxygen atoms in total. The monoisotopic (exact) mass is 181 g/mol. The third kappa shape index (κ3) is 1.42. The first-order valence-corrected chi connectivity index (χ1v) is 4.97. The molecular weight excluding hydrogens is 170 g/mol. The molecule has 0 saturated heterocycles. The van der Waals surface area contributed by atoms with Gasteiger partial charge >= 0.3 is 0 Å². The highest BCUT2D eigenvalue weighted by atomic mass is 32.2. The summed E-state index contributed by atoms with van der Waals surface area (Å²) in [7, 11) is 0. The molecule has 0 spiro atoms. The van der Waals surface area contributed by atoms with Crippen molar-refractivity contribution in [2.24, 2.45) is 5.73 Å². The Hall–Kier alpha value is -0.670. The van der Waals surface area contributed by atoms with Crippen LogP contribution in [0.15, 0.2) is 23.1 Å². The van der Waals surface area contributed by atoms with E-state index in [0.717, 1.165) is 18.1 Å². The molecule has 0 aromatic heterocycles. The highest BCUT2D eigenvalue weighted by molar-refractivity contribution is 7.99. The number of thioether (sulfide) groups is 1. The average molecular weight is 181 g/mol. The van der Waals surface area contributed by atoms with Crippen LogP contribution in [0.3, 0.4) is 0 Å². The van der Waals surface area contributed by atoms with E-state index in [1.807, 2.05) is 0 Å². The number of nitrogens with two attached hydrogens (primary N) is 1. The fourth-order valence-corrected chi connectivity index (χ4v) is 2.00. The van der Waals surface area contributed by atoms with E-state index in [2.05, 4.69) is 18.2 Å². The Morgan fingerprint density at radius 1 is 1.50 bits per heavy atom. The number of hydrogen-bond acceptors (Lipinski definition) is 3. The summed E-state index contributed by atoms with van der Waals surface area (Å²) in [6.45, 7) is 0.700. The summed E-state index contributed by atoms with van der Waals surface area (Å²) in [4.78, 5) is 1.25. The Balaban J connectivity index is 2.26. The molecule has 0 fully saturated rings. The second kappa shape index (κ2) is 3.37. The van der Waals surface area contributed by atoms with Crippen molar-refractivity contribution in [1.29, 1.82) is 0 Å². The largest absolute Gasteiger partial charge is 0.481 e. The van der Waals surface area contributed by atoms with E-state index in [1.54, 1.807) is 11.8 Å². The summed E-state index contributed by atoms with van der Waals surface area (Å²) in [6, 6.07) is 6.31.